The number of rotatable bonds is 3. The first-order valence-electron chi connectivity index (χ1n) is 3.48. The number of carboxylic acid groups (broad SMARTS) is 1. The lowest BCUT2D eigenvalue weighted by Crippen LogP contribution is -1.98. The fourth-order valence-corrected chi connectivity index (χ4v) is 1.20. The summed E-state index contributed by atoms with van der Waals surface area (Å²) in [5, 5.41) is 9.40. The zero-order valence-electron chi connectivity index (χ0n) is 6.33. The molecule has 0 unspecified atom stereocenters. The Balaban J connectivity index is 2.78. The molecule has 0 fully saturated rings. The average Bonchev–Trinajstić information content (AvgIpc) is 2.06. The van der Waals surface area contributed by atoms with Crippen molar-refractivity contribution >= 4 is 21.9 Å². The topological polar surface area (TPSA) is 50.2 Å². The average molecular weight is 230 g/mol. The van der Waals surface area contributed by atoms with Crippen LogP contribution in [0.15, 0.2) is 18.3 Å². The first kappa shape index (κ1) is 9.19. The number of halogens is 1. The number of nitrogens with zero attached hydrogens (tertiary/aromatic N) is 1. The van der Waals surface area contributed by atoms with Gasteiger partial charge in [-0.3, -0.25) is 4.98 Å². The highest BCUT2D eigenvalue weighted by Crippen LogP contribution is 2.02. The summed E-state index contributed by atoms with van der Waals surface area (Å²) >= 11 is 3.28. The molecule has 0 aliphatic rings. The number of aryl methyl sites for hydroxylation is 1. The van der Waals surface area contributed by atoms with Crippen LogP contribution in [0.25, 0.3) is 0 Å². The van der Waals surface area contributed by atoms with Crippen LogP contribution in [0.4, 0.5) is 0 Å². The second-order valence-corrected chi connectivity index (χ2v) is 3.08. The highest BCUT2D eigenvalue weighted by atomic mass is 79.9. The van der Waals surface area contributed by atoms with E-state index >= 15 is 0 Å². The van der Waals surface area contributed by atoms with Gasteiger partial charge in [-0.1, -0.05) is 15.9 Å². The van der Waals surface area contributed by atoms with Crippen LogP contribution in [0.3, 0.4) is 0 Å². The predicted octanol–water partition coefficient (Wildman–Crippen LogP) is 1.72. The molecule has 4 heteroatoms. The first-order valence-corrected chi connectivity index (χ1v) is 4.60. The lowest BCUT2D eigenvalue weighted by atomic mass is 10.2. The summed E-state index contributed by atoms with van der Waals surface area (Å²) in [7, 11) is 0. The molecule has 0 saturated heterocycles. The number of carboxylic acids is 1. The summed E-state index contributed by atoms with van der Waals surface area (Å²) in [5.74, 6) is -0.937. The van der Waals surface area contributed by atoms with Crippen molar-refractivity contribution in [3.8, 4) is 0 Å². The second kappa shape index (κ2) is 4.21. The fourth-order valence-electron chi connectivity index (χ4n) is 0.796. The van der Waals surface area contributed by atoms with E-state index in [0.717, 1.165) is 17.4 Å². The quantitative estimate of drug-likeness (QED) is 0.804. The molecule has 1 aromatic heterocycles. The van der Waals surface area contributed by atoms with Gasteiger partial charge in [0.15, 0.2) is 0 Å². The Kier molecular flexibility index (Phi) is 3.22. The van der Waals surface area contributed by atoms with Gasteiger partial charge in [-0.05, 0) is 18.6 Å². The summed E-state index contributed by atoms with van der Waals surface area (Å²) in [6.07, 6.45) is 2.19. The van der Waals surface area contributed by atoms with Crippen LogP contribution in [0.2, 0.25) is 0 Å². The number of hydrogen-bond donors (Lipinski definition) is 1. The number of carbonyl (C=O) groups is 1. The number of aromatic carboxylic acids is 1. The van der Waals surface area contributed by atoms with Gasteiger partial charge in [0.1, 0.15) is 0 Å². The van der Waals surface area contributed by atoms with E-state index in [2.05, 4.69) is 20.9 Å². The summed E-state index contributed by atoms with van der Waals surface area (Å²) in [5.41, 5.74) is 1.13. The number of hydrogen-bond acceptors (Lipinski definition) is 2. The van der Waals surface area contributed by atoms with Gasteiger partial charge in [0.2, 0.25) is 0 Å². The van der Waals surface area contributed by atoms with Crippen LogP contribution in [-0.4, -0.2) is 21.4 Å². The molecule has 0 spiro atoms. The summed E-state index contributed by atoms with van der Waals surface area (Å²) < 4.78 is 0. The second-order valence-electron chi connectivity index (χ2n) is 2.28. The lowest BCUT2D eigenvalue weighted by molar-refractivity contribution is 0.0696. The smallest absolute Gasteiger partial charge is 0.337 e. The molecule has 1 aromatic rings. The van der Waals surface area contributed by atoms with Crippen molar-refractivity contribution in [3.63, 3.8) is 0 Å². The first-order chi connectivity index (χ1) is 5.74. The molecule has 0 radical (unpaired) electrons. The minimum absolute atomic E-state index is 0.230. The van der Waals surface area contributed by atoms with Gasteiger partial charge in [-0.2, -0.15) is 0 Å². The third-order valence-electron chi connectivity index (χ3n) is 1.42. The Hall–Kier alpha value is -0.900. The standard InChI is InChI=1S/C8H8BrNO2/c9-4-3-7-2-1-6(5-10-7)8(11)12/h1-2,5H,3-4H2,(H,11,12). The van der Waals surface area contributed by atoms with E-state index < -0.39 is 5.97 Å². The minimum Gasteiger partial charge on any atom is -0.478 e. The van der Waals surface area contributed by atoms with E-state index in [-0.39, 0.29) is 5.56 Å². The Bertz CT molecular complexity index is 271. The van der Waals surface area contributed by atoms with Crippen LogP contribution in [-0.2, 0) is 6.42 Å². The van der Waals surface area contributed by atoms with E-state index in [9.17, 15) is 4.79 Å². The summed E-state index contributed by atoms with van der Waals surface area (Å²) in [4.78, 5) is 14.4. The maximum absolute atomic E-state index is 10.4. The molecule has 0 bridgehead atoms. The van der Waals surface area contributed by atoms with E-state index in [1.165, 1.54) is 6.20 Å². The third kappa shape index (κ3) is 2.30. The van der Waals surface area contributed by atoms with Crippen molar-refractivity contribution in [3.05, 3.63) is 29.6 Å². The zero-order valence-corrected chi connectivity index (χ0v) is 7.91. The van der Waals surface area contributed by atoms with Crippen molar-refractivity contribution in [1.29, 1.82) is 0 Å². The molecular formula is C8H8BrNO2. The maximum Gasteiger partial charge on any atom is 0.337 e. The summed E-state index contributed by atoms with van der Waals surface area (Å²) in [6, 6.07) is 3.29. The molecule has 0 atom stereocenters. The van der Waals surface area contributed by atoms with Crippen molar-refractivity contribution in [1.82, 2.24) is 4.98 Å². The molecule has 1 N–H and O–H groups in total. The highest BCUT2D eigenvalue weighted by molar-refractivity contribution is 9.09. The SMILES string of the molecule is O=C(O)c1ccc(CCBr)nc1. The Morgan fingerprint density at radius 2 is 2.33 bits per heavy atom. The Labute approximate surface area is 78.6 Å². The molecule has 0 aliphatic carbocycles. The van der Waals surface area contributed by atoms with Crippen LogP contribution >= 0.6 is 15.9 Å². The van der Waals surface area contributed by atoms with Crippen molar-refractivity contribution in [2.75, 3.05) is 5.33 Å². The molecule has 1 heterocycles. The maximum atomic E-state index is 10.4. The van der Waals surface area contributed by atoms with Crippen molar-refractivity contribution in [2.24, 2.45) is 0 Å². The van der Waals surface area contributed by atoms with Crippen molar-refractivity contribution < 1.29 is 9.90 Å². The molecular weight excluding hydrogens is 222 g/mol. The minimum atomic E-state index is -0.937. The van der Waals surface area contributed by atoms with E-state index in [1.807, 2.05) is 0 Å². The number of pyridine rings is 1. The molecule has 0 aliphatic heterocycles. The molecule has 12 heavy (non-hydrogen) atoms. The van der Waals surface area contributed by atoms with Gasteiger partial charge < -0.3 is 5.11 Å². The van der Waals surface area contributed by atoms with Crippen LogP contribution < -0.4 is 0 Å². The monoisotopic (exact) mass is 229 g/mol. The molecule has 0 saturated carbocycles. The van der Waals surface area contributed by atoms with E-state index in [0.29, 0.717) is 0 Å². The lowest BCUT2D eigenvalue weighted by Gasteiger charge is -1.96. The number of aromatic nitrogens is 1. The Morgan fingerprint density at radius 1 is 1.58 bits per heavy atom. The molecule has 0 amide bonds. The van der Waals surface area contributed by atoms with Gasteiger partial charge in [0.05, 0.1) is 5.56 Å². The zero-order chi connectivity index (χ0) is 8.97. The van der Waals surface area contributed by atoms with Gasteiger partial charge in [0, 0.05) is 17.2 Å². The fraction of sp³-hybridized carbons (Fsp3) is 0.250. The normalized spacial score (nSPS) is 9.75. The molecule has 0 aromatic carbocycles. The van der Waals surface area contributed by atoms with Gasteiger partial charge in [-0.15, -0.1) is 0 Å². The van der Waals surface area contributed by atoms with Crippen molar-refractivity contribution in [2.45, 2.75) is 6.42 Å². The molecule has 3 nitrogen and oxygen atoms in total. The summed E-state index contributed by atoms with van der Waals surface area (Å²) in [6.45, 7) is 0. The molecule has 64 valence electrons. The van der Waals surface area contributed by atoms with E-state index in [4.69, 9.17) is 5.11 Å². The predicted molar refractivity (Wildman–Crippen MR) is 48.7 cm³/mol. The van der Waals surface area contributed by atoms with Gasteiger partial charge in [0.25, 0.3) is 0 Å². The van der Waals surface area contributed by atoms with Crippen LogP contribution in [0.5, 0.6) is 0 Å². The molecule has 1 rings (SSSR count). The third-order valence-corrected chi connectivity index (χ3v) is 1.82. The van der Waals surface area contributed by atoms with Crippen LogP contribution in [0.1, 0.15) is 16.1 Å². The highest BCUT2D eigenvalue weighted by Gasteiger charge is 2.01. The van der Waals surface area contributed by atoms with Gasteiger partial charge in [-0.25, -0.2) is 4.79 Å². The number of alkyl halides is 1. The largest absolute Gasteiger partial charge is 0.478 e. The van der Waals surface area contributed by atoms with Gasteiger partial charge >= 0.3 is 5.97 Å². The Morgan fingerprint density at radius 3 is 2.75 bits per heavy atom. The van der Waals surface area contributed by atoms with E-state index in [1.54, 1.807) is 12.1 Å². The van der Waals surface area contributed by atoms with Crippen LogP contribution in [0, 0.1) is 0 Å².